The van der Waals surface area contributed by atoms with Crippen molar-refractivity contribution in [1.29, 1.82) is 0 Å². The highest BCUT2D eigenvalue weighted by Gasteiger charge is 2.20. The summed E-state index contributed by atoms with van der Waals surface area (Å²) in [6.45, 7) is 5.11. The fourth-order valence-corrected chi connectivity index (χ4v) is 4.14. The third-order valence-electron chi connectivity index (χ3n) is 5.89. The van der Waals surface area contributed by atoms with Gasteiger partial charge in [0.15, 0.2) is 0 Å². The lowest BCUT2D eigenvalue weighted by molar-refractivity contribution is -0.116. The summed E-state index contributed by atoms with van der Waals surface area (Å²) in [6, 6.07) is 13.5. The summed E-state index contributed by atoms with van der Waals surface area (Å²) >= 11 is 0. The molecule has 2 aliphatic rings. The van der Waals surface area contributed by atoms with E-state index in [2.05, 4.69) is 21.2 Å². The monoisotopic (exact) mass is 423 g/mol. The summed E-state index contributed by atoms with van der Waals surface area (Å²) in [5, 5.41) is 2.82. The molecule has 0 spiro atoms. The number of piperazine rings is 1. The largest absolute Gasteiger partial charge is 0.495 e. The van der Waals surface area contributed by atoms with Crippen LogP contribution in [0.25, 0.3) is 0 Å². The highest BCUT2D eigenvalue weighted by Crippen LogP contribution is 2.28. The van der Waals surface area contributed by atoms with Crippen molar-refractivity contribution in [1.82, 2.24) is 4.90 Å². The summed E-state index contributed by atoms with van der Waals surface area (Å²) < 4.78 is 10.9. The zero-order valence-corrected chi connectivity index (χ0v) is 17.9. The maximum Gasteiger partial charge on any atom is 0.338 e. The number of methoxy groups -OCH3 is 1. The number of hydrogen-bond acceptors (Lipinski definition) is 6. The summed E-state index contributed by atoms with van der Waals surface area (Å²) in [4.78, 5) is 28.7. The molecule has 0 radical (unpaired) electrons. The first-order valence-corrected chi connectivity index (χ1v) is 10.8. The van der Waals surface area contributed by atoms with Crippen molar-refractivity contribution in [3.05, 3.63) is 53.6 Å². The number of carbonyl (C=O) groups is 2. The van der Waals surface area contributed by atoms with E-state index < -0.39 is 0 Å². The van der Waals surface area contributed by atoms with E-state index in [0.717, 1.165) is 61.8 Å². The Labute approximate surface area is 182 Å². The molecule has 1 fully saturated rings. The van der Waals surface area contributed by atoms with Gasteiger partial charge in [-0.15, -0.1) is 0 Å². The predicted octanol–water partition coefficient (Wildman–Crippen LogP) is 2.95. The van der Waals surface area contributed by atoms with Crippen molar-refractivity contribution >= 4 is 23.3 Å². The summed E-state index contributed by atoms with van der Waals surface area (Å²) in [7, 11) is 1.70. The minimum absolute atomic E-state index is 0.0103. The molecule has 1 saturated heterocycles. The van der Waals surface area contributed by atoms with Gasteiger partial charge in [0, 0.05) is 44.8 Å². The zero-order valence-electron chi connectivity index (χ0n) is 17.9. The van der Waals surface area contributed by atoms with E-state index in [1.54, 1.807) is 19.2 Å². The van der Waals surface area contributed by atoms with E-state index >= 15 is 0 Å². The number of esters is 1. The highest BCUT2D eigenvalue weighted by atomic mass is 16.5. The molecule has 0 aliphatic carbocycles. The number of para-hydroxylation sites is 2. The zero-order chi connectivity index (χ0) is 21.6. The Morgan fingerprint density at radius 3 is 2.68 bits per heavy atom. The molecule has 0 saturated carbocycles. The highest BCUT2D eigenvalue weighted by molar-refractivity contribution is 5.97. The third-order valence-corrected chi connectivity index (χ3v) is 5.89. The molecule has 0 aromatic heterocycles. The van der Waals surface area contributed by atoms with Crippen molar-refractivity contribution in [3.63, 3.8) is 0 Å². The van der Waals surface area contributed by atoms with Crippen LogP contribution in [0.15, 0.2) is 42.5 Å². The van der Waals surface area contributed by atoms with Crippen LogP contribution in [0.3, 0.4) is 0 Å². The molecule has 0 atom stereocenters. The van der Waals surface area contributed by atoms with Crippen molar-refractivity contribution < 1.29 is 19.1 Å². The van der Waals surface area contributed by atoms with E-state index in [1.165, 1.54) is 0 Å². The van der Waals surface area contributed by atoms with E-state index in [0.29, 0.717) is 25.0 Å². The maximum absolute atomic E-state index is 12.4. The number of nitrogens with one attached hydrogen (secondary N) is 1. The quantitative estimate of drug-likeness (QED) is 0.545. The molecule has 1 amide bonds. The molecule has 2 heterocycles. The van der Waals surface area contributed by atoms with Crippen LogP contribution in [0.2, 0.25) is 0 Å². The third kappa shape index (κ3) is 5.17. The molecule has 1 N–H and O–H groups in total. The van der Waals surface area contributed by atoms with Crippen LogP contribution >= 0.6 is 0 Å². The molecule has 2 aliphatic heterocycles. The summed E-state index contributed by atoms with van der Waals surface area (Å²) in [6.07, 6.45) is 1.99. The van der Waals surface area contributed by atoms with Crippen LogP contribution < -0.4 is 15.0 Å². The van der Waals surface area contributed by atoms with Gasteiger partial charge in [0.25, 0.3) is 0 Å². The molecule has 7 nitrogen and oxygen atoms in total. The lowest BCUT2D eigenvalue weighted by atomic mass is 10.0. The fourth-order valence-electron chi connectivity index (χ4n) is 4.14. The van der Waals surface area contributed by atoms with Gasteiger partial charge < -0.3 is 19.7 Å². The van der Waals surface area contributed by atoms with E-state index in [-0.39, 0.29) is 11.9 Å². The Morgan fingerprint density at radius 2 is 1.87 bits per heavy atom. The number of amides is 1. The number of benzene rings is 2. The number of hydrogen-bond donors (Lipinski definition) is 1. The Kier molecular flexibility index (Phi) is 6.72. The number of anilines is 2. The van der Waals surface area contributed by atoms with Gasteiger partial charge in [0.05, 0.1) is 25.0 Å². The standard InChI is InChI=1S/C24H29N3O4/c1-30-22-6-3-2-5-21(22)27-14-12-26(13-15-27)11-4-16-31-24(29)19-8-7-18-9-10-23(28)25-20(18)17-19/h2-3,5-8,17H,4,9-16H2,1H3,(H,25,28). The van der Waals surface area contributed by atoms with E-state index in [1.807, 2.05) is 24.3 Å². The van der Waals surface area contributed by atoms with Crippen LogP contribution in [0.1, 0.15) is 28.8 Å². The molecule has 0 bridgehead atoms. The number of ether oxygens (including phenoxy) is 2. The van der Waals surface area contributed by atoms with Crippen molar-refractivity contribution in [2.24, 2.45) is 0 Å². The molecule has 4 rings (SSSR count). The second kappa shape index (κ2) is 9.83. The van der Waals surface area contributed by atoms with Gasteiger partial charge in [0.1, 0.15) is 5.75 Å². The Morgan fingerprint density at radius 1 is 1.06 bits per heavy atom. The lowest BCUT2D eigenvalue weighted by Crippen LogP contribution is -2.46. The summed E-state index contributed by atoms with van der Waals surface area (Å²) in [5.74, 6) is 0.553. The van der Waals surface area contributed by atoms with Gasteiger partial charge in [-0.3, -0.25) is 9.69 Å². The number of nitrogens with zero attached hydrogens (tertiary/aromatic N) is 2. The van der Waals surface area contributed by atoms with Gasteiger partial charge in [-0.2, -0.15) is 0 Å². The van der Waals surface area contributed by atoms with Crippen molar-refractivity contribution in [3.8, 4) is 5.75 Å². The molecule has 2 aromatic carbocycles. The number of fused-ring (bicyclic) bond motifs is 1. The van der Waals surface area contributed by atoms with E-state index in [9.17, 15) is 9.59 Å². The molecule has 2 aromatic rings. The Bertz CT molecular complexity index is 938. The maximum atomic E-state index is 12.4. The van der Waals surface area contributed by atoms with Crippen LogP contribution in [0, 0.1) is 0 Å². The van der Waals surface area contributed by atoms with Gasteiger partial charge >= 0.3 is 5.97 Å². The molecule has 164 valence electrons. The first kappa shape index (κ1) is 21.2. The van der Waals surface area contributed by atoms with Gasteiger partial charge in [-0.1, -0.05) is 18.2 Å². The van der Waals surface area contributed by atoms with E-state index in [4.69, 9.17) is 9.47 Å². The van der Waals surface area contributed by atoms with Gasteiger partial charge in [0.2, 0.25) is 5.91 Å². The van der Waals surface area contributed by atoms with Crippen molar-refractivity contribution in [2.45, 2.75) is 19.3 Å². The minimum atomic E-state index is -0.344. The average Bonchev–Trinajstić information content (AvgIpc) is 2.81. The van der Waals surface area contributed by atoms with Crippen LogP contribution in [0.4, 0.5) is 11.4 Å². The number of rotatable bonds is 7. The molecular formula is C24H29N3O4. The Balaban J connectivity index is 1.19. The number of carbonyl (C=O) groups excluding carboxylic acids is 2. The first-order valence-electron chi connectivity index (χ1n) is 10.8. The van der Waals surface area contributed by atoms with Gasteiger partial charge in [-0.25, -0.2) is 4.79 Å². The molecule has 31 heavy (non-hydrogen) atoms. The lowest BCUT2D eigenvalue weighted by Gasteiger charge is -2.36. The van der Waals surface area contributed by atoms with Crippen LogP contribution in [-0.4, -0.2) is 63.2 Å². The second-order valence-electron chi connectivity index (χ2n) is 7.91. The molecule has 7 heteroatoms. The Hall–Kier alpha value is -3.06. The fraction of sp³-hybridized carbons (Fsp3) is 0.417. The normalized spacial score (nSPS) is 16.4. The first-order chi connectivity index (χ1) is 15.1. The topological polar surface area (TPSA) is 71.1 Å². The van der Waals surface area contributed by atoms with Crippen molar-refractivity contribution in [2.75, 3.05) is 56.7 Å². The summed E-state index contributed by atoms with van der Waals surface area (Å²) in [5.41, 5.74) is 3.40. The van der Waals surface area contributed by atoms with Gasteiger partial charge in [-0.05, 0) is 42.7 Å². The second-order valence-corrected chi connectivity index (χ2v) is 7.91. The predicted molar refractivity (Wildman–Crippen MR) is 120 cm³/mol. The molecular weight excluding hydrogens is 394 g/mol. The van der Waals surface area contributed by atoms with Crippen LogP contribution in [0.5, 0.6) is 5.75 Å². The smallest absolute Gasteiger partial charge is 0.338 e. The van der Waals surface area contributed by atoms with Crippen LogP contribution in [-0.2, 0) is 16.0 Å². The SMILES string of the molecule is COc1ccccc1N1CCN(CCCOC(=O)c2ccc3c(c2)NC(=O)CC3)CC1. The molecule has 0 unspecified atom stereocenters. The minimum Gasteiger partial charge on any atom is -0.495 e. The average molecular weight is 424 g/mol. The number of aryl methyl sites for hydroxylation is 1.